The second-order valence-corrected chi connectivity index (χ2v) is 10.7. The van der Waals surface area contributed by atoms with Gasteiger partial charge >= 0.3 is 0 Å². The van der Waals surface area contributed by atoms with Crippen LogP contribution in [0, 0.1) is 6.92 Å². The third-order valence-electron chi connectivity index (χ3n) is 6.52. The Morgan fingerprint density at radius 2 is 1.70 bits per heavy atom. The number of nitrogens with one attached hydrogen (secondary N) is 1. The zero-order valence-electron chi connectivity index (χ0n) is 21.2. The number of hydrogen-bond acceptors (Lipinski definition) is 5. The van der Waals surface area contributed by atoms with Gasteiger partial charge < -0.3 is 4.90 Å². The van der Waals surface area contributed by atoms with E-state index in [1.807, 2.05) is 24.0 Å². The first-order chi connectivity index (χ1) is 17.8. The molecule has 192 valence electrons. The Morgan fingerprint density at radius 1 is 1.00 bits per heavy atom. The Labute approximate surface area is 219 Å². The minimum absolute atomic E-state index is 0.0434. The number of carbonyl (C=O) groups excluding carboxylic acids is 1. The lowest BCUT2D eigenvalue weighted by atomic mass is 10.1. The molecular weight excluding hydrogens is 484 g/mol. The summed E-state index contributed by atoms with van der Waals surface area (Å²) in [6.07, 6.45) is 3.60. The standard InChI is InChI=1S/C29H32N4O3S/c1-4-8-23-11-7-12-27(28(23)30-3)37(35,36)31-26-15-13-24(14-16-26)29(34)33-19-17-32(18-20-33)21-25-10-6-5-9-22(25)2/h4-16,31H,3,17-21H2,1-2H3/b8-4-. The zero-order chi connectivity index (χ0) is 26.4. The molecule has 0 aromatic heterocycles. The first-order valence-electron chi connectivity index (χ1n) is 12.2. The maximum atomic E-state index is 13.1. The lowest BCUT2D eigenvalue weighted by Crippen LogP contribution is -2.48. The molecule has 0 radical (unpaired) electrons. The minimum atomic E-state index is -3.90. The fraction of sp³-hybridized carbons (Fsp3) is 0.241. The molecule has 1 N–H and O–H groups in total. The van der Waals surface area contributed by atoms with E-state index in [4.69, 9.17) is 0 Å². The summed E-state index contributed by atoms with van der Waals surface area (Å²) in [6.45, 7) is 11.3. The Bertz CT molecular complexity index is 1410. The average molecular weight is 517 g/mol. The van der Waals surface area contributed by atoms with Gasteiger partial charge in [0, 0.05) is 49.5 Å². The van der Waals surface area contributed by atoms with Gasteiger partial charge in [-0.2, -0.15) is 0 Å². The highest BCUT2D eigenvalue weighted by atomic mass is 32.2. The molecule has 0 atom stereocenters. The number of carbonyl (C=O) groups is 1. The molecule has 7 nitrogen and oxygen atoms in total. The third-order valence-corrected chi connectivity index (χ3v) is 7.94. The van der Waals surface area contributed by atoms with E-state index in [-0.39, 0.29) is 10.8 Å². The van der Waals surface area contributed by atoms with Crippen LogP contribution in [0.2, 0.25) is 0 Å². The molecule has 0 aliphatic carbocycles. The van der Waals surface area contributed by atoms with Gasteiger partial charge in [-0.15, -0.1) is 0 Å². The lowest BCUT2D eigenvalue weighted by molar-refractivity contribution is 0.0628. The van der Waals surface area contributed by atoms with Crippen LogP contribution < -0.4 is 4.72 Å². The highest BCUT2D eigenvalue weighted by Gasteiger charge is 2.23. The van der Waals surface area contributed by atoms with Crippen LogP contribution in [0.4, 0.5) is 11.4 Å². The number of aliphatic imine (C=N–C) groups is 1. The van der Waals surface area contributed by atoms with Gasteiger partial charge in [-0.25, -0.2) is 8.42 Å². The SMILES string of the molecule is C=Nc1c(/C=C\C)cccc1S(=O)(=O)Nc1ccc(C(=O)N2CCN(Cc3ccccc3C)CC2)cc1. The highest BCUT2D eigenvalue weighted by Crippen LogP contribution is 2.30. The fourth-order valence-corrected chi connectivity index (χ4v) is 5.70. The quantitative estimate of drug-likeness (QED) is 0.422. The lowest BCUT2D eigenvalue weighted by Gasteiger charge is -2.35. The van der Waals surface area contributed by atoms with Gasteiger partial charge in [0.25, 0.3) is 15.9 Å². The van der Waals surface area contributed by atoms with Gasteiger partial charge in [-0.3, -0.25) is 19.4 Å². The molecule has 1 heterocycles. The smallest absolute Gasteiger partial charge is 0.264 e. The molecule has 8 heteroatoms. The topological polar surface area (TPSA) is 82.1 Å². The monoisotopic (exact) mass is 516 g/mol. The van der Waals surface area contributed by atoms with Crippen LogP contribution in [0.15, 0.2) is 82.7 Å². The molecule has 0 saturated carbocycles. The van der Waals surface area contributed by atoms with Gasteiger partial charge in [0.1, 0.15) is 4.90 Å². The number of nitrogens with zero attached hydrogens (tertiary/aromatic N) is 3. The van der Waals surface area contributed by atoms with E-state index >= 15 is 0 Å². The third kappa shape index (κ3) is 6.15. The van der Waals surface area contributed by atoms with Crippen molar-refractivity contribution >= 4 is 40.1 Å². The van der Waals surface area contributed by atoms with E-state index in [2.05, 4.69) is 46.5 Å². The number of rotatable bonds is 8. The van der Waals surface area contributed by atoms with Gasteiger partial charge in [0.15, 0.2) is 0 Å². The molecule has 1 aliphatic heterocycles. The predicted molar refractivity (Wildman–Crippen MR) is 150 cm³/mol. The molecule has 1 amide bonds. The van der Waals surface area contributed by atoms with E-state index in [0.717, 1.165) is 19.6 Å². The number of amides is 1. The van der Waals surface area contributed by atoms with Crippen LogP contribution in [-0.2, 0) is 16.6 Å². The van der Waals surface area contributed by atoms with Gasteiger partial charge in [-0.05, 0) is 62.0 Å². The van der Waals surface area contributed by atoms with Crippen molar-refractivity contribution in [3.63, 3.8) is 0 Å². The van der Waals surface area contributed by atoms with Crippen LogP contribution in [0.5, 0.6) is 0 Å². The van der Waals surface area contributed by atoms with E-state index in [1.165, 1.54) is 17.2 Å². The second-order valence-electron chi connectivity index (χ2n) is 9.03. The summed E-state index contributed by atoms with van der Waals surface area (Å²) in [7, 11) is -3.90. The fourth-order valence-electron chi connectivity index (χ4n) is 4.45. The van der Waals surface area contributed by atoms with Crippen molar-refractivity contribution in [3.8, 4) is 0 Å². The average Bonchev–Trinajstić information content (AvgIpc) is 2.90. The molecule has 0 bridgehead atoms. The predicted octanol–water partition coefficient (Wildman–Crippen LogP) is 5.12. The molecule has 0 unspecified atom stereocenters. The van der Waals surface area contributed by atoms with Crippen molar-refractivity contribution in [2.24, 2.45) is 4.99 Å². The van der Waals surface area contributed by atoms with E-state index in [9.17, 15) is 13.2 Å². The molecule has 1 fully saturated rings. The highest BCUT2D eigenvalue weighted by molar-refractivity contribution is 7.92. The molecule has 3 aromatic carbocycles. The van der Waals surface area contributed by atoms with Crippen molar-refractivity contribution in [1.29, 1.82) is 0 Å². The largest absolute Gasteiger partial charge is 0.336 e. The number of para-hydroxylation sites is 1. The summed E-state index contributed by atoms with van der Waals surface area (Å²) in [5.41, 5.74) is 4.44. The summed E-state index contributed by atoms with van der Waals surface area (Å²) < 4.78 is 28.8. The molecule has 1 saturated heterocycles. The number of piperazine rings is 1. The summed E-state index contributed by atoms with van der Waals surface area (Å²) in [5, 5.41) is 0. The maximum absolute atomic E-state index is 13.1. The van der Waals surface area contributed by atoms with Crippen LogP contribution in [-0.4, -0.2) is 57.0 Å². The Hall–Kier alpha value is -3.75. The first-order valence-corrected chi connectivity index (χ1v) is 13.7. The Balaban J connectivity index is 1.39. The van der Waals surface area contributed by atoms with Crippen LogP contribution in [0.3, 0.4) is 0 Å². The number of benzene rings is 3. The number of hydrogen-bond donors (Lipinski definition) is 1. The molecule has 37 heavy (non-hydrogen) atoms. The van der Waals surface area contributed by atoms with Crippen LogP contribution in [0.25, 0.3) is 6.08 Å². The van der Waals surface area contributed by atoms with Crippen LogP contribution in [0.1, 0.15) is 34.0 Å². The molecule has 0 spiro atoms. The van der Waals surface area contributed by atoms with E-state index in [1.54, 1.807) is 42.5 Å². The van der Waals surface area contributed by atoms with Crippen molar-refractivity contribution in [1.82, 2.24) is 9.80 Å². The zero-order valence-corrected chi connectivity index (χ0v) is 22.0. The number of anilines is 1. The van der Waals surface area contributed by atoms with Crippen molar-refractivity contribution in [3.05, 3.63) is 95.1 Å². The Kier molecular flexibility index (Phi) is 8.21. The van der Waals surface area contributed by atoms with Crippen molar-refractivity contribution in [2.45, 2.75) is 25.3 Å². The first kappa shape index (κ1) is 26.3. The summed E-state index contributed by atoms with van der Waals surface area (Å²) in [4.78, 5) is 21.3. The van der Waals surface area contributed by atoms with Crippen molar-refractivity contribution < 1.29 is 13.2 Å². The number of allylic oxidation sites excluding steroid dienone is 1. The molecule has 1 aliphatic rings. The summed E-state index contributed by atoms with van der Waals surface area (Å²) in [5.74, 6) is -0.0536. The normalized spacial score (nSPS) is 14.6. The van der Waals surface area contributed by atoms with Gasteiger partial charge in [-0.1, -0.05) is 48.6 Å². The molecule has 4 rings (SSSR count). The number of aryl methyl sites for hydroxylation is 1. The second kappa shape index (κ2) is 11.5. The maximum Gasteiger partial charge on any atom is 0.264 e. The summed E-state index contributed by atoms with van der Waals surface area (Å²) in [6, 6.07) is 19.8. The van der Waals surface area contributed by atoms with E-state index < -0.39 is 10.0 Å². The molecular formula is C29H32N4O3S. The molecule has 3 aromatic rings. The minimum Gasteiger partial charge on any atom is -0.336 e. The van der Waals surface area contributed by atoms with Crippen LogP contribution >= 0.6 is 0 Å². The van der Waals surface area contributed by atoms with Gasteiger partial charge in [0.2, 0.25) is 0 Å². The van der Waals surface area contributed by atoms with E-state index in [0.29, 0.717) is 35.6 Å². The summed E-state index contributed by atoms with van der Waals surface area (Å²) >= 11 is 0. The number of sulfonamides is 1. The van der Waals surface area contributed by atoms with Gasteiger partial charge in [0.05, 0.1) is 5.69 Å². The van der Waals surface area contributed by atoms with Crippen molar-refractivity contribution in [2.75, 3.05) is 30.9 Å². The Morgan fingerprint density at radius 3 is 2.35 bits per heavy atom.